The molecule has 0 aliphatic carbocycles. The number of ether oxygens (including phenoxy) is 2. The molecule has 47 heavy (non-hydrogen) atoms. The standard InChI is InChI=1S/C30H40N8O7S2/c1-5-36(6-2)12-13-45-29(43)26-22(18-47-30-33-34-35-37(30)16-24(41)44-7-3)17-46-28-25(27(42)38(26)28)32-23(40)14-20-10-8-9-11-21(20)15-31-19(4)39/h8-11,25,28H,5-7,12-18H2,1-4H3,(H,31,39)(H,32,40)/t25-,28?/m1/s1. The van der Waals surface area contributed by atoms with E-state index in [2.05, 4.69) is 31.1 Å². The summed E-state index contributed by atoms with van der Waals surface area (Å²) in [5.41, 5.74) is 2.35. The number of fused-ring (bicyclic) bond motifs is 1. The number of hydrogen-bond donors (Lipinski definition) is 2. The van der Waals surface area contributed by atoms with E-state index in [9.17, 15) is 24.0 Å². The molecule has 0 saturated carbocycles. The number of amides is 3. The van der Waals surface area contributed by atoms with Crippen LogP contribution in [0.4, 0.5) is 0 Å². The third-order valence-corrected chi connectivity index (χ3v) is 9.93. The van der Waals surface area contributed by atoms with E-state index in [0.29, 0.717) is 23.0 Å². The van der Waals surface area contributed by atoms with Gasteiger partial charge in [-0.1, -0.05) is 49.9 Å². The molecule has 2 N–H and O–H groups in total. The minimum atomic E-state index is -0.820. The second-order valence-electron chi connectivity index (χ2n) is 10.6. The van der Waals surface area contributed by atoms with Crippen molar-refractivity contribution in [2.45, 2.75) is 63.8 Å². The first-order valence-electron chi connectivity index (χ1n) is 15.4. The van der Waals surface area contributed by atoms with E-state index in [4.69, 9.17) is 9.47 Å². The summed E-state index contributed by atoms with van der Waals surface area (Å²) in [5, 5.41) is 17.0. The molecular formula is C30H40N8O7S2. The van der Waals surface area contributed by atoms with Crippen molar-refractivity contribution >= 4 is 53.2 Å². The van der Waals surface area contributed by atoms with Crippen LogP contribution in [0, 0.1) is 0 Å². The molecule has 1 fully saturated rings. The van der Waals surface area contributed by atoms with Crippen LogP contribution < -0.4 is 10.6 Å². The largest absolute Gasteiger partial charge is 0.465 e. The maximum absolute atomic E-state index is 13.5. The predicted octanol–water partition coefficient (Wildman–Crippen LogP) is 0.746. The van der Waals surface area contributed by atoms with Crippen molar-refractivity contribution in [1.82, 2.24) is 40.6 Å². The highest BCUT2D eigenvalue weighted by Crippen LogP contribution is 2.42. The Morgan fingerprint density at radius 3 is 2.55 bits per heavy atom. The number of carbonyl (C=O) groups excluding carboxylic acids is 5. The molecule has 1 unspecified atom stereocenters. The normalized spacial score (nSPS) is 17.2. The Morgan fingerprint density at radius 1 is 1.11 bits per heavy atom. The van der Waals surface area contributed by atoms with Crippen molar-refractivity contribution in [3.05, 3.63) is 46.7 Å². The zero-order valence-corrected chi connectivity index (χ0v) is 28.5. The van der Waals surface area contributed by atoms with Crippen LogP contribution in [-0.2, 0) is 53.0 Å². The average Bonchev–Trinajstić information content (AvgIpc) is 3.50. The van der Waals surface area contributed by atoms with Gasteiger partial charge in [0.05, 0.1) is 13.0 Å². The van der Waals surface area contributed by atoms with Gasteiger partial charge in [-0.05, 0) is 47.1 Å². The number of thioether (sulfide) groups is 2. The van der Waals surface area contributed by atoms with E-state index in [0.717, 1.165) is 24.2 Å². The maximum Gasteiger partial charge on any atom is 0.355 e. The molecule has 1 aromatic heterocycles. The van der Waals surface area contributed by atoms with Crippen LogP contribution in [0.1, 0.15) is 38.8 Å². The maximum atomic E-state index is 13.5. The summed E-state index contributed by atoms with van der Waals surface area (Å²) >= 11 is 2.66. The molecule has 15 nitrogen and oxygen atoms in total. The predicted molar refractivity (Wildman–Crippen MR) is 174 cm³/mol. The van der Waals surface area contributed by atoms with Gasteiger partial charge in [-0.15, -0.1) is 16.9 Å². The minimum Gasteiger partial charge on any atom is -0.465 e. The van der Waals surface area contributed by atoms with Gasteiger partial charge in [-0.3, -0.25) is 24.1 Å². The van der Waals surface area contributed by atoms with Crippen LogP contribution in [0.3, 0.4) is 0 Å². The number of likely N-dealkylation sites (N-methyl/N-ethyl adjacent to an activating group) is 1. The molecule has 0 radical (unpaired) electrons. The molecule has 3 amide bonds. The van der Waals surface area contributed by atoms with Crippen molar-refractivity contribution in [2.24, 2.45) is 0 Å². The number of carbonyl (C=O) groups is 5. The van der Waals surface area contributed by atoms with E-state index in [1.54, 1.807) is 6.92 Å². The molecule has 2 aliphatic heterocycles. The van der Waals surface area contributed by atoms with Gasteiger partial charge in [0.15, 0.2) is 0 Å². The summed E-state index contributed by atoms with van der Waals surface area (Å²) in [6, 6.07) is 6.47. The van der Waals surface area contributed by atoms with Gasteiger partial charge >= 0.3 is 11.9 Å². The van der Waals surface area contributed by atoms with Crippen LogP contribution in [-0.4, -0.2) is 115 Å². The first kappa shape index (κ1) is 35.9. The summed E-state index contributed by atoms with van der Waals surface area (Å²) in [6.07, 6.45) is 0.0232. The topological polar surface area (TPSA) is 178 Å². The molecule has 1 aromatic carbocycles. The lowest BCUT2D eigenvalue weighted by molar-refractivity contribution is -0.153. The van der Waals surface area contributed by atoms with Crippen LogP contribution in [0.2, 0.25) is 0 Å². The number of rotatable bonds is 17. The number of nitrogens with zero attached hydrogens (tertiary/aromatic N) is 6. The number of esters is 2. The second-order valence-corrected chi connectivity index (χ2v) is 12.7. The first-order chi connectivity index (χ1) is 22.7. The molecule has 1 saturated heterocycles. The molecule has 254 valence electrons. The van der Waals surface area contributed by atoms with E-state index >= 15 is 0 Å². The first-order valence-corrected chi connectivity index (χ1v) is 17.4. The number of aromatic nitrogens is 4. The summed E-state index contributed by atoms with van der Waals surface area (Å²) in [5.74, 6) is -1.38. The SMILES string of the molecule is CCOC(=O)Cn1nnnc1SCC1=C(C(=O)OCCN(CC)CC)N2C(=O)[C@@H](NC(=O)Cc3ccccc3CNC(C)=O)C2SC1. The van der Waals surface area contributed by atoms with Gasteiger partial charge in [-0.2, -0.15) is 0 Å². The summed E-state index contributed by atoms with van der Waals surface area (Å²) in [7, 11) is 0. The fraction of sp³-hybridized carbons (Fsp3) is 0.533. The Bertz CT molecular complexity index is 1500. The molecule has 2 aromatic rings. The van der Waals surface area contributed by atoms with Gasteiger partial charge in [0.2, 0.25) is 17.0 Å². The zero-order chi connectivity index (χ0) is 33.9. The molecule has 17 heteroatoms. The summed E-state index contributed by atoms with van der Waals surface area (Å²) < 4.78 is 12.0. The Labute approximate surface area is 281 Å². The van der Waals surface area contributed by atoms with Crippen LogP contribution in [0.25, 0.3) is 0 Å². The van der Waals surface area contributed by atoms with E-state index in [1.807, 2.05) is 38.1 Å². The Morgan fingerprint density at radius 2 is 1.85 bits per heavy atom. The highest BCUT2D eigenvalue weighted by molar-refractivity contribution is 8.01. The lowest BCUT2D eigenvalue weighted by atomic mass is 10.0. The number of tetrazole rings is 1. The van der Waals surface area contributed by atoms with Crippen molar-refractivity contribution in [1.29, 1.82) is 0 Å². The van der Waals surface area contributed by atoms with Crippen molar-refractivity contribution < 1.29 is 33.4 Å². The van der Waals surface area contributed by atoms with E-state index in [1.165, 1.54) is 40.0 Å². The van der Waals surface area contributed by atoms with Crippen molar-refractivity contribution in [3.63, 3.8) is 0 Å². The third kappa shape index (κ3) is 9.32. The number of nitrogens with one attached hydrogen (secondary N) is 2. The molecule has 0 bridgehead atoms. The molecule has 0 spiro atoms. The lowest BCUT2D eigenvalue weighted by Crippen LogP contribution is -2.70. The van der Waals surface area contributed by atoms with Crippen LogP contribution >= 0.6 is 23.5 Å². The number of hydrogen-bond acceptors (Lipinski definition) is 13. The van der Waals surface area contributed by atoms with Crippen LogP contribution in [0.15, 0.2) is 40.7 Å². The number of benzene rings is 1. The van der Waals surface area contributed by atoms with Gasteiger partial charge in [0.1, 0.15) is 30.3 Å². The van der Waals surface area contributed by atoms with Crippen LogP contribution in [0.5, 0.6) is 0 Å². The van der Waals surface area contributed by atoms with Gasteiger partial charge in [0.25, 0.3) is 5.91 Å². The molecular weight excluding hydrogens is 649 g/mol. The molecule has 2 aliphatic rings. The second kappa shape index (κ2) is 17.3. The van der Waals surface area contributed by atoms with Crippen molar-refractivity contribution in [3.8, 4) is 0 Å². The van der Waals surface area contributed by atoms with Gasteiger partial charge < -0.3 is 25.0 Å². The van der Waals surface area contributed by atoms with Gasteiger partial charge in [0, 0.05) is 31.5 Å². The summed E-state index contributed by atoms with van der Waals surface area (Å²) in [4.78, 5) is 67.1. The Hall–Kier alpha value is -3.96. The number of β-lactam (4-membered cyclic amide) rings is 1. The highest BCUT2D eigenvalue weighted by Gasteiger charge is 2.54. The van der Waals surface area contributed by atoms with E-state index < -0.39 is 29.3 Å². The Kier molecular flexibility index (Phi) is 13.2. The molecule has 2 atom stereocenters. The van der Waals surface area contributed by atoms with E-state index in [-0.39, 0.29) is 56.0 Å². The smallest absolute Gasteiger partial charge is 0.355 e. The summed E-state index contributed by atoms with van der Waals surface area (Å²) in [6.45, 7) is 9.85. The fourth-order valence-corrected chi connectivity index (χ4v) is 7.42. The average molecular weight is 689 g/mol. The monoisotopic (exact) mass is 688 g/mol. The fourth-order valence-electron chi connectivity index (χ4n) is 5.06. The molecule has 4 rings (SSSR count). The zero-order valence-electron chi connectivity index (χ0n) is 26.9. The van der Waals surface area contributed by atoms with Crippen molar-refractivity contribution in [2.75, 3.05) is 44.4 Å². The molecule has 3 heterocycles. The highest BCUT2D eigenvalue weighted by atomic mass is 32.2. The Balaban J connectivity index is 1.47. The van der Waals surface area contributed by atoms with Gasteiger partial charge in [-0.25, -0.2) is 9.48 Å². The third-order valence-electron chi connectivity index (χ3n) is 7.55. The minimum absolute atomic E-state index is 0.0232. The quantitative estimate of drug-likeness (QED) is 0.135. The lowest BCUT2D eigenvalue weighted by Gasteiger charge is -2.49.